The summed E-state index contributed by atoms with van der Waals surface area (Å²) in [4.78, 5) is 8.15. The molecular weight excluding hydrogens is 368 g/mol. The van der Waals surface area contributed by atoms with E-state index in [2.05, 4.69) is 32.0 Å². The van der Waals surface area contributed by atoms with Crippen LogP contribution in [-0.2, 0) is 0 Å². The molecule has 0 bridgehead atoms. The maximum Gasteiger partial charge on any atom is 0.145 e. The monoisotopic (exact) mass is 382 g/mol. The second-order valence-electron chi connectivity index (χ2n) is 6.00. The summed E-state index contributed by atoms with van der Waals surface area (Å²) in [5.41, 5.74) is 8.83. The van der Waals surface area contributed by atoms with E-state index in [0.717, 1.165) is 0 Å². The highest BCUT2D eigenvalue weighted by Gasteiger charge is 2.13. The van der Waals surface area contributed by atoms with E-state index in [0.29, 0.717) is 33.7 Å². The molecule has 0 aliphatic rings. The fourth-order valence-corrected chi connectivity index (χ4v) is 2.85. The molecule has 4 rings (SSSR count). The zero-order valence-electron chi connectivity index (χ0n) is 15.1. The molecule has 0 saturated heterocycles. The number of hydrogen-bond acceptors (Lipinski definition) is 8. The fourth-order valence-electron chi connectivity index (χ4n) is 2.85. The van der Waals surface area contributed by atoms with E-state index in [4.69, 9.17) is 11.0 Å². The van der Waals surface area contributed by atoms with Gasteiger partial charge in [-0.25, -0.2) is 4.68 Å². The van der Waals surface area contributed by atoms with E-state index in [1.165, 1.54) is 16.9 Å². The quantitative estimate of drug-likeness (QED) is 0.400. The summed E-state index contributed by atoms with van der Waals surface area (Å²) in [5, 5.41) is 32.5. The Morgan fingerprint density at radius 2 is 1.97 bits per heavy atom. The van der Waals surface area contributed by atoms with Crippen molar-refractivity contribution in [1.82, 2.24) is 14.8 Å². The molecule has 0 aliphatic carbocycles. The van der Waals surface area contributed by atoms with Gasteiger partial charge in [0.15, 0.2) is 0 Å². The summed E-state index contributed by atoms with van der Waals surface area (Å²) in [6, 6.07) is 13.9. The first kappa shape index (κ1) is 17.8. The van der Waals surface area contributed by atoms with E-state index in [1.807, 2.05) is 6.07 Å². The number of nitriles is 1. The summed E-state index contributed by atoms with van der Waals surface area (Å²) in [5.74, 6) is 0.271. The Morgan fingerprint density at radius 3 is 2.72 bits per heavy atom. The second kappa shape index (κ2) is 7.21. The molecule has 0 unspecified atom stereocenters. The molecule has 0 radical (unpaired) electrons. The Bertz CT molecular complexity index is 1320. The molecule has 0 spiro atoms. The van der Waals surface area contributed by atoms with Crippen LogP contribution in [0.3, 0.4) is 0 Å². The average Bonchev–Trinajstić information content (AvgIpc) is 3.13. The van der Waals surface area contributed by atoms with Crippen LogP contribution >= 0.6 is 0 Å². The molecule has 140 valence electrons. The number of benzene rings is 2. The molecule has 2 heterocycles. The van der Waals surface area contributed by atoms with Gasteiger partial charge in [0.2, 0.25) is 0 Å². The van der Waals surface area contributed by atoms with E-state index >= 15 is 0 Å². The molecule has 0 amide bonds. The van der Waals surface area contributed by atoms with Crippen molar-refractivity contribution in [3.05, 3.63) is 60.4 Å². The van der Waals surface area contributed by atoms with Crippen LogP contribution in [0, 0.1) is 11.3 Å². The lowest BCUT2D eigenvalue weighted by molar-refractivity contribution is 0.480. The van der Waals surface area contributed by atoms with Crippen molar-refractivity contribution in [2.24, 2.45) is 15.2 Å². The predicted molar refractivity (Wildman–Crippen MR) is 109 cm³/mol. The van der Waals surface area contributed by atoms with Crippen LogP contribution in [0.4, 0.5) is 22.9 Å². The van der Waals surface area contributed by atoms with Gasteiger partial charge in [-0.15, -0.1) is 5.11 Å². The van der Waals surface area contributed by atoms with Gasteiger partial charge < -0.3 is 10.8 Å². The van der Waals surface area contributed by atoms with Crippen molar-refractivity contribution in [2.75, 3.05) is 5.73 Å². The zero-order valence-corrected chi connectivity index (χ0v) is 15.1. The molecule has 0 fully saturated rings. The smallest absolute Gasteiger partial charge is 0.145 e. The lowest BCUT2D eigenvalue weighted by Gasteiger charge is -2.08. The highest BCUT2D eigenvalue weighted by Crippen LogP contribution is 2.34. The summed E-state index contributed by atoms with van der Waals surface area (Å²) < 4.78 is 1.40. The number of phenols is 1. The topological polar surface area (TPSA) is 138 Å². The van der Waals surface area contributed by atoms with E-state index in [9.17, 15) is 5.11 Å². The van der Waals surface area contributed by atoms with Crippen LogP contribution in [0.5, 0.6) is 5.75 Å². The van der Waals surface area contributed by atoms with Gasteiger partial charge >= 0.3 is 0 Å². The number of nitrogens with zero attached hydrogens (tertiary/aromatic N) is 7. The molecule has 0 aliphatic heterocycles. The van der Waals surface area contributed by atoms with E-state index in [-0.39, 0.29) is 17.1 Å². The van der Waals surface area contributed by atoms with E-state index < -0.39 is 0 Å². The summed E-state index contributed by atoms with van der Waals surface area (Å²) in [7, 11) is 0. The van der Waals surface area contributed by atoms with Gasteiger partial charge in [-0.2, -0.15) is 15.5 Å². The third kappa shape index (κ3) is 3.15. The number of phenolic OH excluding ortho intramolecular Hbond substituents is 1. The van der Waals surface area contributed by atoms with Crippen molar-refractivity contribution in [2.45, 2.75) is 0 Å². The number of nitrogen functional groups attached to an aromatic ring is 1. The zero-order chi connectivity index (χ0) is 20.4. The number of aromatic nitrogens is 3. The molecule has 4 aromatic rings. The SMILES string of the molecule is C=Nc1ccc(/N=N/c2ccc(O)c3ncccc23)cc1-n1ncc(C#N)c1N. The minimum Gasteiger partial charge on any atom is -0.506 e. The van der Waals surface area contributed by atoms with Crippen LogP contribution in [0.25, 0.3) is 16.6 Å². The first-order chi connectivity index (χ1) is 14.1. The number of azo groups is 1. The van der Waals surface area contributed by atoms with Gasteiger partial charge in [0.05, 0.1) is 28.9 Å². The minimum absolute atomic E-state index is 0.0747. The summed E-state index contributed by atoms with van der Waals surface area (Å²) in [6.07, 6.45) is 2.98. The highest BCUT2D eigenvalue weighted by atomic mass is 16.3. The van der Waals surface area contributed by atoms with Crippen LogP contribution in [0.15, 0.2) is 70.1 Å². The van der Waals surface area contributed by atoms with Gasteiger partial charge in [-0.3, -0.25) is 9.98 Å². The molecule has 3 N–H and O–H groups in total. The number of nitrogens with two attached hydrogens (primary N) is 1. The number of aliphatic imine (C=N–C) groups is 1. The molecule has 0 atom stereocenters. The highest BCUT2D eigenvalue weighted by molar-refractivity contribution is 5.93. The molecule has 0 saturated carbocycles. The number of hydrogen-bond donors (Lipinski definition) is 2. The van der Waals surface area contributed by atoms with Gasteiger partial charge in [0.25, 0.3) is 0 Å². The Labute approximate surface area is 165 Å². The van der Waals surface area contributed by atoms with Gasteiger partial charge in [-0.1, -0.05) is 0 Å². The van der Waals surface area contributed by atoms with E-state index in [1.54, 1.807) is 42.6 Å². The normalized spacial score (nSPS) is 11.0. The number of fused-ring (bicyclic) bond motifs is 1. The Balaban J connectivity index is 1.78. The van der Waals surface area contributed by atoms with Crippen LogP contribution in [0.2, 0.25) is 0 Å². The van der Waals surface area contributed by atoms with Gasteiger partial charge in [0.1, 0.15) is 28.7 Å². The molecule has 2 aromatic carbocycles. The standard InChI is InChI=1S/C20H14N8O/c1-23-16-5-4-13(9-17(16)28-20(22)12(10-21)11-25-28)26-27-15-6-7-18(29)19-14(15)3-2-8-24-19/h2-9,11,29H,1,22H2/b27-26+. The summed E-state index contributed by atoms with van der Waals surface area (Å²) >= 11 is 0. The Morgan fingerprint density at radius 1 is 1.14 bits per heavy atom. The number of rotatable bonds is 4. The Hall–Kier alpha value is -4.58. The van der Waals surface area contributed by atoms with Gasteiger partial charge in [0, 0.05) is 11.6 Å². The molecule has 29 heavy (non-hydrogen) atoms. The molecule has 9 nitrogen and oxygen atoms in total. The summed E-state index contributed by atoms with van der Waals surface area (Å²) in [6.45, 7) is 3.56. The molecule has 9 heteroatoms. The van der Waals surface area contributed by atoms with Crippen LogP contribution in [-0.4, -0.2) is 26.6 Å². The lowest BCUT2D eigenvalue weighted by atomic mass is 10.2. The number of anilines is 1. The predicted octanol–water partition coefficient (Wildman–Crippen LogP) is 4.33. The van der Waals surface area contributed by atoms with Crippen molar-refractivity contribution in [3.63, 3.8) is 0 Å². The lowest BCUT2D eigenvalue weighted by Crippen LogP contribution is -2.02. The number of pyridine rings is 1. The third-order valence-corrected chi connectivity index (χ3v) is 4.28. The number of aromatic hydroxyl groups is 1. The van der Waals surface area contributed by atoms with Gasteiger partial charge in [-0.05, 0) is 49.2 Å². The minimum atomic E-state index is 0.0747. The van der Waals surface area contributed by atoms with Crippen LogP contribution in [0.1, 0.15) is 5.56 Å². The van der Waals surface area contributed by atoms with Crippen molar-refractivity contribution < 1.29 is 5.11 Å². The van der Waals surface area contributed by atoms with Crippen molar-refractivity contribution in [1.29, 1.82) is 5.26 Å². The maximum absolute atomic E-state index is 9.95. The Kier molecular flexibility index (Phi) is 4.43. The first-order valence-corrected chi connectivity index (χ1v) is 8.45. The molecule has 2 aromatic heterocycles. The maximum atomic E-state index is 9.95. The van der Waals surface area contributed by atoms with Crippen molar-refractivity contribution >= 4 is 40.5 Å². The van der Waals surface area contributed by atoms with Crippen molar-refractivity contribution in [3.8, 4) is 17.5 Å². The first-order valence-electron chi connectivity index (χ1n) is 8.45. The largest absolute Gasteiger partial charge is 0.506 e. The average molecular weight is 382 g/mol. The fraction of sp³-hybridized carbons (Fsp3) is 0. The second-order valence-corrected chi connectivity index (χ2v) is 6.00. The van der Waals surface area contributed by atoms with Crippen LogP contribution < -0.4 is 5.73 Å². The third-order valence-electron chi connectivity index (χ3n) is 4.28. The molecular formula is C20H14N8O.